The molecule has 1 amide bonds. The van der Waals surface area contributed by atoms with E-state index in [0.29, 0.717) is 11.4 Å². The van der Waals surface area contributed by atoms with Crippen molar-refractivity contribution in [3.8, 4) is 0 Å². The molecule has 0 fully saturated rings. The predicted octanol–water partition coefficient (Wildman–Crippen LogP) is 1.15. The SMILES string of the molecule is CCCN(C)C(=O)c1ncccc1N. The van der Waals surface area contributed by atoms with Crippen molar-refractivity contribution in [2.24, 2.45) is 0 Å². The zero-order valence-electron chi connectivity index (χ0n) is 8.53. The zero-order valence-corrected chi connectivity index (χ0v) is 8.53. The number of nitrogens with zero attached hydrogens (tertiary/aromatic N) is 2. The van der Waals surface area contributed by atoms with Crippen molar-refractivity contribution in [1.29, 1.82) is 0 Å². The normalized spacial score (nSPS) is 9.86. The molecule has 0 aliphatic heterocycles. The summed E-state index contributed by atoms with van der Waals surface area (Å²) < 4.78 is 0. The summed E-state index contributed by atoms with van der Waals surface area (Å²) in [6.45, 7) is 2.74. The Morgan fingerprint density at radius 2 is 2.36 bits per heavy atom. The molecule has 0 saturated carbocycles. The van der Waals surface area contributed by atoms with Gasteiger partial charge < -0.3 is 10.6 Å². The first-order valence-corrected chi connectivity index (χ1v) is 4.62. The maximum atomic E-state index is 11.7. The Bertz CT molecular complexity index is 325. The van der Waals surface area contributed by atoms with Gasteiger partial charge in [0.1, 0.15) is 0 Å². The van der Waals surface area contributed by atoms with E-state index in [-0.39, 0.29) is 5.91 Å². The molecule has 0 unspecified atom stereocenters. The predicted molar refractivity (Wildman–Crippen MR) is 55.9 cm³/mol. The lowest BCUT2D eigenvalue weighted by Crippen LogP contribution is -2.28. The summed E-state index contributed by atoms with van der Waals surface area (Å²) in [6, 6.07) is 3.39. The number of pyridine rings is 1. The molecule has 1 aromatic rings. The molecule has 1 rings (SSSR count). The fourth-order valence-corrected chi connectivity index (χ4v) is 1.21. The fourth-order valence-electron chi connectivity index (χ4n) is 1.21. The molecule has 0 spiro atoms. The molecule has 1 aromatic heterocycles. The Morgan fingerprint density at radius 1 is 1.64 bits per heavy atom. The van der Waals surface area contributed by atoms with Crippen molar-refractivity contribution in [1.82, 2.24) is 9.88 Å². The molecule has 0 bridgehead atoms. The summed E-state index contributed by atoms with van der Waals surface area (Å²) in [5.41, 5.74) is 6.41. The Morgan fingerprint density at radius 3 is 2.93 bits per heavy atom. The largest absolute Gasteiger partial charge is 0.397 e. The lowest BCUT2D eigenvalue weighted by atomic mass is 10.2. The maximum absolute atomic E-state index is 11.7. The first-order valence-electron chi connectivity index (χ1n) is 4.62. The monoisotopic (exact) mass is 193 g/mol. The molecule has 1 heterocycles. The smallest absolute Gasteiger partial charge is 0.274 e. The van der Waals surface area contributed by atoms with Crippen LogP contribution in [0.3, 0.4) is 0 Å². The van der Waals surface area contributed by atoms with Crippen LogP contribution in [-0.4, -0.2) is 29.4 Å². The minimum atomic E-state index is -0.120. The molecule has 0 saturated heterocycles. The van der Waals surface area contributed by atoms with Crippen LogP contribution in [0.2, 0.25) is 0 Å². The second-order valence-electron chi connectivity index (χ2n) is 3.17. The van der Waals surface area contributed by atoms with Crippen molar-refractivity contribution < 1.29 is 4.79 Å². The minimum absolute atomic E-state index is 0.120. The Balaban J connectivity index is 2.84. The van der Waals surface area contributed by atoms with Crippen LogP contribution < -0.4 is 5.73 Å². The maximum Gasteiger partial charge on any atom is 0.274 e. The second kappa shape index (κ2) is 4.60. The van der Waals surface area contributed by atoms with Crippen molar-refractivity contribution in [2.75, 3.05) is 19.3 Å². The summed E-state index contributed by atoms with van der Waals surface area (Å²) >= 11 is 0. The summed E-state index contributed by atoms with van der Waals surface area (Å²) in [4.78, 5) is 17.3. The molecule has 4 nitrogen and oxygen atoms in total. The lowest BCUT2D eigenvalue weighted by Gasteiger charge is -2.15. The molecule has 0 atom stereocenters. The summed E-state index contributed by atoms with van der Waals surface area (Å²) in [5.74, 6) is -0.120. The van der Waals surface area contributed by atoms with Crippen LogP contribution in [0.25, 0.3) is 0 Å². The third-order valence-electron chi connectivity index (χ3n) is 1.95. The first-order chi connectivity index (χ1) is 6.66. The van der Waals surface area contributed by atoms with E-state index in [0.717, 1.165) is 13.0 Å². The molecule has 76 valence electrons. The Labute approximate surface area is 83.7 Å². The average Bonchev–Trinajstić information content (AvgIpc) is 2.18. The Kier molecular flexibility index (Phi) is 3.45. The number of hydrogen-bond acceptors (Lipinski definition) is 3. The van der Waals surface area contributed by atoms with Gasteiger partial charge in [-0.05, 0) is 18.6 Å². The van der Waals surface area contributed by atoms with Gasteiger partial charge in [0.05, 0.1) is 5.69 Å². The van der Waals surface area contributed by atoms with Crippen LogP contribution in [0, 0.1) is 0 Å². The van der Waals surface area contributed by atoms with E-state index in [1.807, 2.05) is 6.92 Å². The molecule has 0 radical (unpaired) electrons. The number of anilines is 1. The molecule has 2 N–H and O–H groups in total. The number of rotatable bonds is 3. The molecule has 0 aromatic carbocycles. The van der Waals surface area contributed by atoms with Crippen LogP contribution in [0.1, 0.15) is 23.8 Å². The number of carbonyl (C=O) groups excluding carboxylic acids is 1. The topological polar surface area (TPSA) is 59.2 Å². The summed E-state index contributed by atoms with van der Waals surface area (Å²) in [5, 5.41) is 0. The first kappa shape index (κ1) is 10.5. The number of aromatic nitrogens is 1. The van der Waals surface area contributed by atoms with Crippen molar-refractivity contribution in [3.05, 3.63) is 24.0 Å². The average molecular weight is 193 g/mol. The van der Waals surface area contributed by atoms with Crippen LogP contribution in [0.4, 0.5) is 5.69 Å². The van der Waals surface area contributed by atoms with E-state index >= 15 is 0 Å². The fraction of sp³-hybridized carbons (Fsp3) is 0.400. The zero-order chi connectivity index (χ0) is 10.6. The number of carbonyl (C=O) groups is 1. The van der Waals surface area contributed by atoms with Gasteiger partial charge in [-0.2, -0.15) is 0 Å². The van der Waals surface area contributed by atoms with Gasteiger partial charge in [0.2, 0.25) is 0 Å². The quantitative estimate of drug-likeness (QED) is 0.783. The van der Waals surface area contributed by atoms with Gasteiger partial charge in [0.25, 0.3) is 5.91 Å². The molecule has 0 aliphatic carbocycles. The number of hydrogen-bond donors (Lipinski definition) is 1. The highest BCUT2D eigenvalue weighted by molar-refractivity contribution is 5.96. The standard InChI is InChI=1S/C10H15N3O/c1-3-7-13(2)10(14)9-8(11)5-4-6-12-9/h4-6H,3,7,11H2,1-2H3. The van der Waals surface area contributed by atoms with Gasteiger partial charge in [0, 0.05) is 19.8 Å². The van der Waals surface area contributed by atoms with Crippen LogP contribution in [0.15, 0.2) is 18.3 Å². The van der Waals surface area contributed by atoms with Crippen LogP contribution in [-0.2, 0) is 0 Å². The van der Waals surface area contributed by atoms with Crippen molar-refractivity contribution >= 4 is 11.6 Å². The van der Waals surface area contributed by atoms with Crippen molar-refractivity contribution in [3.63, 3.8) is 0 Å². The number of nitrogens with two attached hydrogens (primary N) is 1. The molecule has 14 heavy (non-hydrogen) atoms. The van der Waals surface area contributed by atoms with E-state index in [1.54, 1.807) is 30.3 Å². The minimum Gasteiger partial charge on any atom is -0.397 e. The van der Waals surface area contributed by atoms with E-state index in [9.17, 15) is 4.79 Å². The van der Waals surface area contributed by atoms with Crippen LogP contribution >= 0.6 is 0 Å². The third-order valence-corrected chi connectivity index (χ3v) is 1.95. The van der Waals surface area contributed by atoms with E-state index in [1.165, 1.54) is 0 Å². The van der Waals surface area contributed by atoms with E-state index < -0.39 is 0 Å². The van der Waals surface area contributed by atoms with Gasteiger partial charge in [-0.15, -0.1) is 0 Å². The van der Waals surface area contributed by atoms with Crippen molar-refractivity contribution in [2.45, 2.75) is 13.3 Å². The van der Waals surface area contributed by atoms with Gasteiger partial charge in [-0.3, -0.25) is 4.79 Å². The molecule has 0 aliphatic rings. The summed E-state index contributed by atoms with van der Waals surface area (Å²) in [6.07, 6.45) is 2.50. The lowest BCUT2D eigenvalue weighted by molar-refractivity contribution is 0.0790. The molecular weight excluding hydrogens is 178 g/mol. The number of amides is 1. The van der Waals surface area contributed by atoms with E-state index in [2.05, 4.69) is 4.98 Å². The highest BCUT2D eigenvalue weighted by Gasteiger charge is 2.14. The van der Waals surface area contributed by atoms with E-state index in [4.69, 9.17) is 5.73 Å². The second-order valence-corrected chi connectivity index (χ2v) is 3.17. The highest BCUT2D eigenvalue weighted by atomic mass is 16.2. The summed E-state index contributed by atoms with van der Waals surface area (Å²) in [7, 11) is 1.75. The molecule has 4 heteroatoms. The van der Waals surface area contributed by atoms with Gasteiger partial charge in [0.15, 0.2) is 5.69 Å². The number of nitrogen functional groups attached to an aromatic ring is 1. The van der Waals surface area contributed by atoms with Crippen LogP contribution in [0.5, 0.6) is 0 Å². The highest BCUT2D eigenvalue weighted by Crippen LogP contribution is 2.09. The third kappa shape index (κ3) is 2.22. The van der Waals surface area contributed by atoms with Gasteiger partial charge in [-0.25, -0.2) is 4.98 Å². The van der Waals surface area contributed by atoms with Gasteiger partial charge >= 0.3 is 0 Å². The molecular formula is C10H15N3O. The Hall–Kier alpha value is -1.58. The van der Waals surface area contributed by atoms with Gasteiger partial charge in [-0.1, -0.05) is 6.92 Å².